The molecule has 1 aromatic heterocycles. The van der Waals surface area contributed by atoms with Crippen LogP contribution in [0.15, 0.2) is 29.2 Å². The number of anilines is 1. The van der Waals surface area contributed by atoms with Gasteiger partial charge in [0.15, 0.2) is 5.13 Å². The predicted molar refractivity (Wildman–Crippen MR) is 104 cm³/mol. The van der Waals surface area contributed by atoms with Crippen LogP contribution < -0.4 is 10.6 Å². The van der Waals surface area contributed by atoms with E-state index in [1.54, 1.807) is 0 Å². The molecule has 10 nitrogen and oxygen atoms in total. The van der Waals surface area contributed by atoms with Gasteiger partial charge in [0.25, 0.3) is 5.69 Å². The zero-order chi connectivity index (χ0) is 20.5. The Kier molecular flexibility index (Phi) is 5.63. The number of nitro benzene ring substituents is 1. The summed E-state index contributed by atoms with van der Waals surface area (Å²) < 4.78 is 27.0. The predicted octanol–water partition coefficient (Wildman–Crippen LogP) is 2.33. The lowest BCUT2D eigenvalue weighted by atomic mass is 10.2. The lowest BCUT2D eigenvalue weighted by molar-refractivity contribution is -0.385. The van der Waals surface area contributed by atoms with E-state index in [1.165, 1.54) is 33.8 Å². The molecule has 12 heteroatoms. The number of thiazole rings is 1. The minimum atomic E-state index is -3.88. The monoisotopic (exact) mass is 425 g/mol. The summed E-state index contributed by atoms with van der Waals surface area (Å²) in [6, 6.07) is 4.60. The van der Waals surface area contributed by atoms with Crippen molar-refractivity contribution in [1.29, 1.82) is 0 Å². The molecule has 28 heavy (non-hydrogen) atoms. The van der Waals surface area contributed by atoms with Crippen LogP contribution in [0.25, 0.3) is 0 Å². The number of nitrogens with one attached hydrogen (secondary N) is 2. The van der Waals surface area contributed by atoms with Crippen LogP contribution in [-0.2, 0) is 23.0 Å². The lowest BCUT2D eigenvalue weighted by Gasteiger charge is -2.25. The highest BCUT2D eigenvalue weighted by atomic mass is 32.2. The highest BCUT2D eigenvalue weighted by Crippen LogP contribution is 2.31. The van der Waals surface area contributed by atoms with E-state index < -0.39 is 14.9 Å². The van der Waals surface area contributed by atoms with Crippen molar-refractivity contribution in [2.24, 2.45) is 0 Å². The Hall–Kier alpha value is -2.57. The Morgan fingerprint density at radius 1 is 1.39 bits per heavy atom. The largest absolute Gasteiger partial charge is 0.336 e. The fourth-order valence-electron chi connectivity index (χ4n) is 2.73. The molecule has 3 rings (SSSR count). The fraction of sp³-hybridized carbons (Fsp3) is 0.375. The Bertz CT molecular complexity index is 1020. The number of carbonyl (C=O) groups excluding carboxylic acids is 1. The summed E-state index contributed by atoms with van der Waals surface area (Å²) in [7, 11) is -3.88. The summed E-state index contributed by atoms with van der Waals surface area (Å²) in [5, 5.41) is 16.7. The number of benzene rings is 1. The van der Waals surface area contributed by atoms with Crippen LogP contribution in [0.4, 0.5) is 15.6 Å². The van der Waals surface area contributed by atoms with Gasteiger partial charge in [-0.1, -0.05) is 17.4 Å². The van der Waals surface area contributed by atoms with E-state index in [2.05, 4.69) is 15.6 Å². The maximum Gasteiger partial charge on any atom is 0.321 e. The number of sulfonamides is 1. The normalized spacial score (nSPS) is 14.5. The molecule has 1 aromatic carbocycles. The van der Waals surface area contributed by atoms with Gasteiger partial charge in [-0.05, 0) is 19.9 Å². The standard InChI is InChI=1S/C16H19N5O5S2/c1-10(2)17-15(22)19-16-18-13-6-7-20(9-14(13)27-16)28(25,26)12-5-3-4-11(8-12)21(23)24/h3-5,8,10H,6-7,9H2,1-2H3,(H2,17,18,19,22). The Morgan fingerprint density at radius 2 is 2.14 bits per heavy atom. The maximum absolute atomic E-state index is 12.9. The second-order valence-corrected chi connectivity index (χ2v) is 9.51. The smallest absolute Gasteiger partial charge is 0.321 e. The summed E-state index contributed by atoms with van der Waals surface area (Å²) in [6.07, 6.45) is 0.396. The van der Waals surface area contributed by atoms with E-state index in [9.17, 15) is 23.3 Å². The van der Waals surface area contributed by atoms with Crippen molar-refractivity contribution in [3.63, 3.8) is 0 Å². The molecule has 0 fully saturated rings. The molecule has 0 bridgehead atoms. The third kappa shape index (κ3) is 4.29. The van der Waals surface area contributed by atoms with Gasteiger partial charge in [-0.3, -0.25) is 15.4 Å². The number of carbonyl (C=O) groups is 1. The van der Waals surface area contributed by atoms with Crippen LogP contribution >= 0.6 is 11.3 Å². The number of fused-ring (bicyclic) bond motifs is 1. The Balaban J connectivity index is 1.78. The van der Waals surface area contributed by atoms with Gasteiger partial charge in [0.2, 0.25) is 10.0 Å². The van der Waals surface area contributed by atoms with Crippen LogP contribution in [0.5, 0.6) is 0 Å². The Labute approximate surface area is 165 Å². The number of non-ortho nitro benzene ring substituents is 1. The molecule has 0 unspecified atom stereocenters. The first-order valence-corrected chi connectivity index (χ1v) is 10.7. The number of hydrogen-bond acceptors (Lipinski definition) is 7. The number of rotatable bonds is 5. The Morgan fingerprint density at radius 3 is 2.82 bits per heavy atom. The van der Waals surface area contributed by atoms with Crippen LogP contribution in [0, 0.1) is 10.1 Å². The van der Waals surface area contributed by atoms with E-state index >= 15 is 0 Å². The second-order valence-electron chi connectivity index (χ2n) is 6.49. The van der Waals surface area contributed by atoms with E-state index in [-0.39, 0.29) is 35.7 Å². The lowest BCUT2D eigenvalue weighted by Crippen LogP contribution is -2.35. The number of amides is 2. The molecule has 0 aliphatic carbocycles. The molecule has 0 saturated carbocycles. The summed E-state index contributed by atoms with van der Waals surface area (Å²) in [5.41, 5.74) is 0.467. The first kappa shape index (κ1) is 20.2. The van der Waals surface area contributed by atoms with Gasteiger partial charge >= 0.3 is 6.03 Å². The molecule has 150 valence electrons. The minimum absolute atomic E-state index is 0.0230. The van der Waals surface area contributed by atoms with Gasteiger partial charge in [0.1, 0.15) is 0 Å². The van der Waals surface area contributed by atoms with Crippen molar-refractivity contribution in [1.82, 2.24) is 14.6 Å². The average molecular weight is 425 g/mol. The summed E-state index contributed by atoms with van der Waals surface area (Å²) in [4.78, 5) is 27.1. The van der Waals surface area contributed by atoms with Crippen LogP contribution in [0.3, 0.4) is 0 Å². The third-order valence-corrected chi connectivity index (χ3v) is 6.84. The van der Waals surface area contributed by atoms with Gasteiger partial charge < -0.3 is 5.32 Å². The molecular weight excluding hydrogens is 406 g/mol. The molecule has 0 atom stereocenters. The van der Waals surface area contributed by atoms with Gasteiger partial charge in [0.05, 0.1) is 22.1 Å². The molecule has 2 aromatic rings. The fourth-order valence-corrected chi connectivity index (χ4v) is 5.28. The highest BCUT2D eigenvalue weighted by molar-refractivity contribution is 7.89. The average Bonchev–Trinajstić information content (AvgIpc) is 3.02. The number of nitro groups is 1. The second kappa shape index (κ2) is 7.81. The molecule has 0 radical (unpaired) electrons. The van der Waals surface area contributed by atoms with Crippen LogP contribution in [0.1, 0.15) is 24.4 Å². The molecule has 2 amide bonds. The number of hydrogen-bond donors (Lipinski definition) is 2. The van der Waals surface area contributed by atoms with Crippen molar-refractivity contribution in [3.05, 3.63) is 45.0 Å². The van der Waals surface area contributed by atoms with Crippen LogP contribution in [0.2, 0.25) is 0 Å². The summed E-state index contributed by atoms with van der Waals surface area (Å²) in [6.45, 7) is 3.98. The zero-order valence-corrected chi connectivity index (χ0v) is 16.8. The summed E-state index contributed by atoms with van der Waals surface area (Å²) >= 11 is 1.22. The first-order valence-electron chi connectivity index (χ1n) is 8.47. The molecule has 0 spiro atoms. The van der Waals surface area contributed by atoms with Crippen molar-refractivity contribution in [3.8, 4) is 0 Å². The van der Waals surface area contributed by atoms with E-state index in [0.717, 1.165) is 16.6 Å². The molecule has 0 saturated heterocycles. The summed E-state index contributed by atoms with van der Waals surface area (Å²) in [5.74, 6) is 0. The molecule has 1 aliphatic heterocycles. The van der Waals surface area contributed by atoms with E-state index in [1.807, 2.05) is 13.8 Å². The van der Waals surface area contributed by atoms with Gasteiger partial charge in [-0.2, -0.15) is 4.31 Å². The highest BCUT2D eigenvalue weighted by Gasteiger charge is 2.31. The van der Waals surface area contributed by atoms with Crippen LogP contribution in [-0.4, -0.2) is 41.2 Å². The molecular formula is C16H19N5O5S2. The van der Waals surface area contributed by atoms with Crippen molar-refractivity contribution in [2.45, 2.75) is 37.8 Å². The number of urea groups is 1. The van der Waals surface area contributed by atoms with Crippen molar-refractivity contribution in [2.75, 3.05) is 11.9 Å². The number of aromatic nitrogens is 1. The SMILES string of the molecule is CC(C)NC(=O)Nc1nc2c(s1)CN(S(=O)(=O)c1cccc([N+](=O)[O-])c1)CC2. The van der Waals surface area contributed by atoms with E-state index in [0.29, 0.717) is 11.6 Å². The zero-order valence-electron chi connectivity index (χ0n) is 15.2. The van der Waals surface area contributed by atoms with E-state index in [4.69, 9.17) is 0 Å². The quantitative estimate of drug-likeness (QED) is 0.558. The van der Waals surface area contributed by atoms with Crippen molar-refractivity contribution < 1.29 is 18.1 Å². The topological polar surface area (TPSA) is 135 Å². The van der Waals surface area contributed by atoms with Gasteiger partial charge in [0, 0.05) is 36.0 Å². The molecule has 2 N–H and O–H groups in total. The van der Waals surface area contributed by atoms with Crippen molar-refractivity contribution >= 4 is 38.2 Å². The van der Waals surface area contributed by atoms with Gasteiger partial charge in [-0.15, -0.1) is 0 Å². The minimum Gasteiger partial charge on any atom is -0.336 e. The maximum atomic E-state index is 12.9. The molecule has 1 aliphatic rings. The van der Waals surface area contributed by atoms with Gasteiger partial charge in [-0.25, -0.2) is 18.2 Å². The third-order valence-electron chi connectivity index (χ3n) is 4.00. The molecule has 2 heterocycles. The first-order chi connectivity index (χ1) is 13.2. The number of nitrogens with zero attached hydrogens (tertiary/aromatic N) is 3.